The van der Waals surface area contributed by atoms with Gasteiger partial charge < -0.3 is 34.6 Å². The van der Waals surface area contributed by atoms with Crippen molar-refractivity contribution < 1.29 is 67.4 Å². The molecule has 0 aromatic carbocycles. The Morgan fingerprint density at radius 1 is 0.545 bits per heavy atom. The normalized spacial score (nSPS) is 6.00. The molecule has 0 rings (SSSR count). The van der Waals surface area contributed by atoms with Crippen molar-refractivity contribution in [2.24, 2.45) is 0 Å². The van der Waals surface area contributed by atoms with E-state index in [0.717, 1.165) is 0 Å². The molecular formula is H6Al2Ca3O15S2. The van der Waals surface area contributed by atoms with Crippen LogP contribution in [0.5, 0.6) is 0 Å². The van der Waals surface area contributed by atoms with Crippen molar-refractivity contribution in [2.45, 2.75) is 0 Å². The van der Waals surface area contributed by atoms with Crippen LogP contribution < -0.4 is 8.32 Å². The Labute approximate surface area is 227 Å². The molecule has 0 heterocycles. The maximum absolute atomic E-state index is 8.52. The Balaban J connectivity index is -0.0000000102. The summed E-state index contributed by atoms with van der Waals surface area (Å²) in [6.45, 7) is 0. The molecule has 0 spiro atoms. The molecular weight excluding hydrogens is 478 g/mol. The Morgan fingerprint density at radius 3 is 0.545 bits per heavy atom. The fourth-order valence-corrected chi connectivity index (χ4v) is 0. The minimum absolute atomic E-state index is 0. The quantitative estimate of drug-likeness (QED) is 0.176. The summed E-state index contributed by atoms with van der Waals surface area (Å²) in [5.74, 6) is 0. The van der Waals surface area contributed by atoms with Crippen molar-refractivity contribution in [3.05, 3.63) is 0 Å². The number of hydrogen-bond acceptors (Lipinski definition) is 12. The Bertz CT molecular complexity index is 295. The van der Waals surface area contributed by atoms with Crippen molar-refractivity contribution in [3.63, 3.8) is 0 Å². The van der Waals surface area contributed by atoms with Gasteiger partial charge in [0.2, 0.25) is 0 Å². The fourth-order valence-electron chi connectivity index (χ4n) is 0. The first-order valence-electron chi connectivity index (χ1n) is 2.28. The molecule has 0 aromatic rings. The van der Waals surface area contributed by atoms with Crippen LogP contribution in [0.15, 0.2) is 0 Å². The van der Waals surface area contributed by atoms with E-state index < -0.39 is 51.8 Å². The Morgan fingerprint density at radius 2 is 0.545 bits per heavy atom. The third-order valence-electron chi connectivity index (χ3n) is 0. The summed E-state index contributed by atoms with van der Waals surface area (Å²) in [6, 6.07) is 0. The SMILES string of the molecule is O.O.O.O=S(=O)([O-])[O-].O=S(=O)([O-])[O-].[Ca+2].[Ca+2].[Ca+2].[O]=[Al][O-].[O]=[Al][O-]. The topological polar surface area (TPSA) is 335 Å². The van der Waals surface area contributed by atoms with E-state index in [1.807, 2.05) is 0 Å². The van der Waals surface area contributed by atoms with Crippen molar-refractivity contribution in [1.82, 2.24) is 0 Å². The van der Waals surface area contributed by atoms with Gasteiger partial charge in [-0.25, -0.2) is 0 Å². The molecule has 0 unspecified atom stereocenters. The van der Waals surface area contributed by atoms with E-state index in [9.17, 15) is 0 Å². The molecule has 0 bridgehead atoms. The van der Waals surface area contributed by atoms with Crippen LogP contribution in [0.25, 0.3) is 0 Å². The van der Waals surface area contributed by atoms with Crippen LogP contribution in [0.4, 0.5) is 0 Å². The Kier molecular flexibility index (Phi) is 128. The number of rotatable bonds is 0. The maximum atomic E-state index is 8.52. The summed E-state index contributed by atoms with van der Waals surface area (Å²) in [5, 5.41) is 0. The molecule has 22 heteroatoms. The molecule has 15 nitrogen and oxygen atoms in total. The summed E-state index contributed by atoms with van der Waals surface area (Å²) in [5.41, 5.74) is 0. The first kappa shape index (κ1) is 63.6. The van der Waals surface area contributed by atoms with Crippen molar-refractivity contribution in [3.8, 4) is 0 Å². The van der Waals surface area contributed by atoms with E-state index in [4.69, 9.17) is 51.0 Å². The van der Waals surface area contributed by atoms with Gasteiger partial charge in [0.15, 0.2) is 0 Å². The standard InChI is InChI=1S/2Al.3Ca.2H2O4S.3H2O.4O/c;;;;;2*1-5(2,3)4;;;;;;;/h;;;;;2*(H2,1,2,3,4);3*1H2;;;;/q;;3*+2;;;;;;;;2*-1/p-4. The van der Waals surface area contributed by atoms with E-state index in [0.29, 0.717) is 0 Å². The molecule has 0 atom stereocenters. The van der Waals surface area contributed by atoms with Crippen LogP contribution in [-0.2, 0) is 28.4 Å². The zero-order valence-corrected chi connectivity index (χ0v) is 21.1. The third-order valence-corrected chi connectivity index (χ3v) is 0. The first-order chi connectivity index (χ1) is 6.83. The number of hydrogen-bond donors (Lipinski definition) is 0. The summed E-state index contributed by atoms with van der Waals surface area (Å²) in [4.78, 5) is 0. The zero-order chi connectivity index (χ0) is 14.4. The van der Waals surface area contributed by atoms with E-state index in [1.54, 1.807) is 0 Å². The minimum atomic E-state index is -5.17. The van der Waals surface area contributed by atoms with Gasteiger partial charge >= 0.3 is 160 Å². The predicted molar refractivity (Wildman–Crippen MR) is 61.9 cm³/mol. The monoisotopic (exact) mass is 484 g/mol. The molecule has 0 saturated heterocycles. The van der Waals surface area contributed by atoms with Crippen molar-refractivity contribution in [2.75, 3.05) is 0 Å². The van der Waals surface area contributed by atoms with Gasteiger partial charge in [0.05, 0.1) is 0 Å². The van der Waals surface area contributed by atoms with Crippen molar-refractivity contribution >= 4 is 165 Å². The average Bonchev–Trinajstić information content (AvgIpc) is 1.79. The van der Waals surface area contributed by atoms with Gasteiger partial charge in [-0.2, -0.15) is 0 Å². The van der Waals surface area contributed by atoms with E-state index in [-0.39, 0.29) is 130 Å². The molecule has 0 saturated carbocycles. The fraction of sp³-hybridized carbons (Fsp3) is 0. The molecule has 0 amide bonds. The van der Waals surface area contributed by atoms with Crippen LogP contribution in [-0.4, -0.2) is 196 Å². The second-order valence-electron chi connectivity index (χ2n) is 1.01. The third kappa shape index (κ3) is 905. The molecule has 0 aliphatic carbocycles. The molecule has 22 heavy (non-hydrogen) atoms. The van der Waals surface area contributed by atoms with Crippen LogP contribution in [0.3, 0.4) is 0 Å². The summed E-state index contributed by atoms with van der Waals surface area (Å²) in [6.07, 6.45) is 0. The van der Waals surface area contributed by atoms with Gasteiger partial charge in [-0.15, -0.1) is 0 Å². The van der Waals surface area contributed by atoms with Gasteiger partial charge in [0, 0.05) is 20.8 Å². The second kappa shape index (κ2) is 44.3. The van der Waals surface area contributed by atoms with Gasteiger partial charge in [-0.05, 0) is 0 Å². The average molecular weight is 484 g/mol. The van der Waals surface area contributed by atoms with Gasteiger partial charge in [0.25, 0.3) is 0 Å². The molecule has 0 aromatic heterocycles. The molecule has 6 N–H and O–H groups in total. The molecule has 120 valence electrons. The summed E-state index contributed by atoms with van der Waals surface area (Å²) >= 11 is -3.50. The zero-order valence-electron chi connectivity index (χ0n) is 10.5. The molecule has 0 fully saturated rings. The van der Waals surface area contributed by atoms with Crippen LogP contribution in [0.2, 0.25) is 0 Å². The predicted octanol–water partition coefficient (Wildman–Crippen LogP) is -9.67. The Hall–Kier alpha value is 3.66. The van der Waals surface area contributed by atoms with E-state index in [2.05, 4.69) is 0 Å². The van der Waals surface area contributed by atoms with E-state index in [1.165, 1.54) is 0 Å². The van der Waals surface area contributed by atoms with Crippen LogP contribution in [0.1, 0.15) is 0 Å². The van der Waals surface area contributed by atoms with Crippen molar-refractivity contribution in [1.29, 1.82) is 0 Å². The summed E-state index contributed by atoms with van der Waals surface area (Å²) < 4.78 is 102. The summed E-state index contributed by atoms with van der Waals surface area (Å²) in [7, 11) is -10.3. The molecule has 0 aliphatic rings. The van der Waals surface area contributed by atoms with Gasteiger partial charge in [-0.1, -0.05) is 0 Å². The van der Waals surface area contributed by atoms with Crippen LogP contribution in [0, 0.1) is 0 Å². The van der Waals surface area contributed by atoms with Crippen LogP contribution >= 0.6 is 0 Å². The molecule has 0 aliphatic heterocycles. The molecule has 0 radical (unpaired) electrons. The van der Waals surface area contributed by atoms with E-state index >= 15 is 0 Å². The first-order valence-corrected chi connectivity index (χ1v) is 6.83. The second-order valence-corrected chi connectivity index (χ2v) is 3.03. The van der Waals surface area contributed by atoms with Gasteiger partial charge in [0.1, 0.15) is 0 Å². The van der Waals surface area contributed by atoms with Gasteiger partial charge in [-0.3, -0.25) is 16.8 Å².